The summed E-state index contributed by atoms with van der Waals surface area (Å²) in [6.07, 6.45) is 4.37. The molecular weight excluding hydrogens is 210 g/mol. The molecule has 0 spiro atoms. The Hall–Kier alpha value is -1.12. The van der Waals surface area contributed by atoms with Gasteiger partial charge in [-0.2, -0.15) is 8.78 Å². The zero-order valence-electron chi connectivity index (χ0n) is 11.2. The average Bonchev–Trinajstić information content (AvgIpc) is 2.29. The fourth-order valence-electron chi connectivity index (χ4n) is 0.507. The predicted molar refractivity (Wildman–Crippen MR) is 67.5 cm³/mol. The van der Waals surface area contributed by atoms with Crippen molar-refractivity contribution in [1.82, 2.24) is 0 Å². The summed E-state index contributed by atoms with van der Waals surface area (Å²) in [6.45, 7) is 12.3. The van der Waals surface area contributed by atoms with Crippen LogP contribution in [0.5, 0.6) is 0 Å². The molecule has 0 saturated heterocycles. The predicted octanol–water partition coefficient (Wildman–Crippen LogP) is 5.31. The topological polar surface area (TPSA) is 9.23 Å². The number of rotatable bonds is 4. The minimum absolute atomic E-state index is 0.0752. The molecule has 0 atom stereocenters. The first-order valence-electron chi connectivity index (χ1n) is 5.48. The molecule has 0 aromatic carbocycles. The molecule has 0 amide bonds. The molecule has 0 aliphatic carbocycles. The third-order valence-corrected chi connectivity index (χ3v) is 1.01. The van der Waals surface area contributed by atoms with Gasteiger partial charge in [-0.3, -0.25) is 0 Å². The number of hydrogen-bond acceptors (Lipinski definition) is 1. The van der Waals surface area contributed by atoms with Crippen LogP contribution in [0.15, 0.2) is 36.1 Å². The maximum absolute atomic E-state index is 11.7. The summed E-state index contributed by atoms with van der Waals surface area (Å²) in [5, 5.41) is 0. The number of alkyl halides is 2. The highest BCUT2D eigenvalue weighted by Crippen LogP contribution is 2.06. The minimum Gasteiger partial charge on any atom is -0.435 e. The van der Waals surface area contributed by atoms with Crippen LogP contribution in [0.3, 0.4) is 0 Å². The second kappa shape index (κ2) is 16.3. The van der Waals surface area contributed by atoms with Crippen molar-refractivity contribution in [2.45, 2.75) is 48.2 Å². The van der Waals surface area contributed by atoms with Crippen LogP contribution in [-0.4, -0.2) is 6.61 Å². The maximum Gasteiger partial charge on any atom is 0.387 e. The molecule has 0 aromatic rings. The van der Waals surface area contributed by atoms with Gasteiger partial charge in [-0.25, -0.2) is 0 Å². The fraction of sp³-hybridized carbons (Fsp3) is 0.538. The molecular formula is C13H24F2O. The molecule has 0 N–H and O–H groups in total. The van der Waals surface area contributed by atoms with Crippen molar-refractivity contribution < 1.29 is 13.5 Å². The fourth-order valence-corrected chi connectivity index (χ4v) is 0.507. The molecule has 0 aliphatic heterocycles. The van der Waals surface area contributed by atoms with E-state index in [1.807, 2.05) is 41.5 Å². The van der Waals surface area contributed by atoms with Gasteiger partial charge in [-0.15, -0.1) is 0 Å². The van der Waals surface area contributed by atoms with Crippen LogP contribution in [0.2, 0.25) is 0 Å². The van der Waals surface area contributed by atoms with Crippen LogP contribution in [0.1, 0.15) is 41.5 Å². The van der Waals surface area contributed by atoms with Crippen molar-refractivity contribution in [1.29, 1.82) is 0 Å². The number of ether oxygens (including phenoxy) is 1. The number of allylic oxidation sites excluding steroid dienone is 4. The van der Waals surface area contributed by atoms with Gasteiger partial charge in [0.25, 0.3) is 0 Å². The van der Waals surface area contributed by atoms with E-state index in [0.717, 1.165) is 5.57 Å². The molecule has 0 fully saturated rings. The second-order valence-corrected chi connectivity index (χ2v) is 2.40. The summed E-state index contributed by atoms with van der Waals surface area (Å²) < 4.78 is 27.4. The van der Waals surface area contributed by atoms with Crippen molar-refractivity contribution in [2.75, 3.05) is 0 Å². The van der Waals surface area contributed by atoms with Gasteiger partial charge < -0.3 is 4.74 Å². The van der Waals surface area contributed by atoms with Crippen LogP contribution in [0.25, 0.3) is 0 Å². The Kier molecular flexibility index (Phi) is 20.7. The lowest BCUT2D eigenvalue weighted by atomic mass is 10.3. The molecule has 0 saturated carbocycles. The zero-order valence-corrected chi connectivity index (χ0v) is 11.2. The van der Waals surface area contributed by atoms with Gasteiger partial charge in [0.15, 0.2) is 0 Å². The van der Waals surface area contributed by atoms with Crippen molar-refractivity contribution in [3.05, 3.63) is 36.1 Å². The lowest BCUT2D eigenvalue weighted by molar-refractivity contribution is -0.0919. The zero-order chi connectivity index (χ0) is 13.6. The summed E-state index contributed by atoms with van der Waals surface area (Å²) in [5.41, 5.74) is 1.01. The van der Waals surface area contributed by atoms with Crippen LogP contribution < -0.4 is 0 Å². The van der Waals surface area contributed by atoms with Gasteiger partial charge >= 0.3 is 6.61 Å². The molecule has 1 nitrogen and oxygen atoms in total. The highest BCUT2D eigenvalue weighted by atomic mass is 19.3. The Balaban J connectivity index is -0.000000376. The maximum atomic E-state index is 11.7. The van der Waals surface area contributed by atoms with E-state index in [-0.39, 0.29) is 5.76 Å². The van der Waals surface area contributed by atoms with Gasteiger partial charge in [-0.1, -0.05) is 45.9 Å². The number of halogens is 2. The van der Waals surface area contributed by atoms with E-state index in [9.17, 15) is 8.78 Å². The molecule has 0 radical (unpaired) electrons. The summed E-state index contributed by atoms with van der Waals surface area (Å²) >= 11 is 0. The lowest BCUT2D eigenvalue weighted by Gasteiger charge is -2.02. The van der Waals surface area contributed by atoms with Gasteiger partial charge in [0.05, 0.1) is 0 Å². The van der Waals surface area contributed by atoms with Gasteiger partial charge in [-0.05, 0) is 26.0 Å². The van der Waals surface area contributed by atoms with E-state index in [1.54, 1.807) is 6.08 Å². The summed E-state index contributed by atoms with van der Waals surface area (Å²) in [6, 6.07) is 0. The molecule has 0 aliphatic rings. The van der Waals surface area contributed by atoms with Gasteiger partial charge in [0, 0.05) is 0 Å². The Labute approximate surface area is 98.5 Å². The van der Waals surface area contributed by atoms with Crippen molar-refractivity contribution >= 4 is 0 Å². The summed E-state index contributed by atoms with van der Waals surface area (Å²) in [5.74, 6) is 0.0752. The highest BCUT2D eigenvalue weighted by molar-refractivity contribution is 5.18. The quantitative estimate of drug-likeness (QED) is 0.473. The summed E-state index contributed by atoms with van der Waals surface area (Å²) in [7, 11) is 0. The van der Waals surface area contributed by atoms with Crippen LogP contribution in [0, 0.1) is 0 Å². The smallest absolute Gasteiger partial charge is 0.387 e. The third kappa shape index (κ3) is 18.6. The van der Waals surface area contributed by atoms with E-state index in [4.69, 9.17) is 0 Å². The Morgan fingerprint density at radius 2 is 1.50 bits per heavy atom. The van der Waals surface area contributed by atoms with Crippen LogP contribution >= 0.6 is 0 Å². The molecule has 3 heteroatoms. The molecule has 0 heterocycles. The molecule has 0 bridgehead atoms. The van der Waals surface area contributed by atoms with E-state index in [2.05, 4.69) is 11.3 Å². The molecule has 0 rings (SSSR count). The first-order valence-corrected chi connectivity index (χ1v) is 5.48. The van der Waals surface area contributed by atoms with Crippen molar-refractivity contribution in [3.8, 4) is 0 Å². The molecule has 96 valence electrons. The highest BCUT2D eigenvalue weighted by Gasteiger charge is 2.02. The lowest BCUT2D eigenvalue weighted by Crippen LogP contribution is -1.96. The van der Waals surface area contributed by atoms with Crippen LogP contribution in [0.4, 0.5) is 8.78 Å². The standard InChI is InChI=1S/C9H12F2O.2C2H6/c1-4-8(12-9(10)11)6-5-7(2)3;2*1-2/h4-6,9H,1H2,2-3H3;2*1-2H3/b8-6+;;. The van der Waals surface area contributed by atoms with E-state index < -0.39 is 6.61 Å². The minimum atomic E-state index is -2.79. The monoisotopic (exact) mass is 234 g/mol. The Morgan fingerprint density at radius 3 is 1.75 bits per heavy atom. The SMILES string of the molecule is C=C/C(=C\C=C(C)C)OC(F)F.CC.CC. The Bertz CT molecular complexity index is 202. The molecule has 16 heavy (non-hydrogen) atoms. The first-order chi connectivity index (χ1) is 7.56. The van der Waals surface area contributed by atoms with E-state index in [0.29, 0.717) is 0 Å². The summed E-state index contributed by atoms with van der Waals surface area (Å²) in [4.78, 5) is 0. The Morgan fingerprint density at radius 1 is 1.06 bits per heavy atom. The second-order valence-electron chi connectivity index (χ2n) is 2.40. The molecule has 0 unspecified atom stereocenters. The van der Waals surface area contributed by atoms with Gasteiger partial charge in [0.1, 0.15) is 5.76 Å². The normalized spacial score (nSPS) is 9.19. The van der Waals surface area contributed by atoms with E-state index >= 15 is 0 Å². The first kappa shape index (κ1) is 20.3. The van der Waals surface area contributed by atoms with Gasteiger partial charge in [0.2, 0.25) is 0 Å². The van der Waals surface area contributed by atoms with Crippen molar-refractivity contribution in [2.24, 2.45) is 0 Å². The van der Waals surface area contributed by atoms with Crippen molar-refractivity contribution in [3.63, 3.8) is 0 Å². The number of hydrogen-bond donors (Lipinski definition) is 0. The largest absolute Gasteiger partial charge is 0.435 e. The van der Waals surface area contributed by atoms with E-state index in [1.165, 1.54) is 12.2 Å². The average molecular weight is 234 g/mol. The van der Waals surface area contributed by atoms with Crippen LogP contribution in [-0.2, 0) is 4.74 Å². The molecule has 0 aromatic heterocycles. The third-order valence-electron chi connectivity index (χ3n) is 1.01.